The Balaban J connectivity index is 1.60. The lowest BCUT2D eigenvalue weighted by atomic mass is 10.1. The van der Waals surface area contributed by atoms with Crippen LogP contribution in [0.15, 0.2) is 36.4 Å². The summed E-state index contributed by atoms with van der Waals surface area (Å²) in [6.45, 7) is 4.34. The molecule has 2 aromatic carbocycles. The molecular weight excluding hydrogens is 433 g/mol. The first-order valence-electron chi connectivity index (χ1n) is 9.19. The van der Waals surface area contributed by atoms with E-state index in [-0.39, 0.29) is 16.6 Å². The van der Waals surface area contributed by atoms with Gasteiger partial charge in [0, 0.05) is 35.9 Å². The van der Waals surface area contributed by atoms with Gasteiger partial charge in [-0.1, -0.05) is 29.3 Å². The number of amides is 1. The van der Waals surface area contributed by atoms with Gasteiger partial charge in [0.15, 0.2) is 0 Å². The van der Waals surface area contributed by atoms with Crippen LogP contribution in [-0.2, 0) is 10.0 Å². The fourth-order valence-electron chi connectivity index (χ4n) is 3.42. The number of carbonyl (C=O) groups is 1. The molecule has 0 bridgehead atoms. The molecule has 156 valence electrons. The molecular formula is C20H23Cl2N3O3S. The van der Waals surface area contributed by atoms with Crippen LogP contribution in [0.5, 0.6) is 0 Å². The third-order valence-electron chi connectivity index (χ3n) is 4.87. The number of hydrogen-bond acceptors (Lipinski definition) is 4. The lowest BCUT2D eigenvalue weighted by molar-refractivity contribution is 0.0948. The molecule has 1 aliphatic heterocycles. The summed E-state index contributed by atoms with van der Waals surface area (Å²) in [7, 11) is -3.49. The zero-order valence-corrected chi connectivity index (χ0v) is 18.5. The van der Waals surface area contributed by atoms with Gasteiger partial charge in [0.2, 0.25) is 10.0 Å². The Morgan fingerprint density at radius 3 is 2.69 bits per heavy atom. The summed E-state index contributed by atoms with van der Waals surface area (Å²) >= 11 is 12.1. The summed E-state index contributed by atoms with van der Waals surface area (Å²) < 4.78 is 25.2. The molecule has 1 amide bonds. The highest BCUT2D eigenvalue weighted by Crippen LogP contribution is 2.29. The van der Waals surface area contributed by atoms with Crippen molar-refractivity contribution in [3.63, 3.8) is 0 Å². The van der Waals surface area contributed by atoms with Crippen LogP contribution in [-0.4, -0.2) is 40.2 Å². The monoisotopic (exact) mass is 455 g/mol. The van der Waals surface area contributed by atoms with Gasteiger partial charge in [-0.2, -0.15) is 0 Å². The van der Waals surface area contributed by atoms with Crippen molar-refractivity contribution in [1.82, 2.24) is 5.32 Å². The highest BCUT2D eigenvalue weighted by Gasteiger charge is 2.24. The zero-order valence-electron chi connectivity index (χ0n) is 16.2. The third-order valence-corrected chi connectivity index (χ3v) is 6.03. The van der Waals surface area contributed by atoms with E-state index in [1.54, 1.807) is 6.07 Å². The summed E-state index contributed by atoms with van der Waals surface area (Å²) in [4.78, 5) is 14.8. The maximum Gasteiger partial charge on any atom is 0.251 e. The summed E-state index contributed by atoms with van der Waals surface area (Å²) in [5, 5.41) is 3.88. The molecule has 1 atom stereocenters. The van der Waals surface area contributed by atoms with Crippen LogP contribution in [0.2, 0.25) is 10.0 Å². The van der Waals surface area contributed by atoms with E-state index in [0.29, 0.717) is 23.0 Å². The van der Waals surface area contributed by atoms with Gasteiger partial charge in [-0.3, -0.25) is 9.52 Å². The van der Waals surface area contributed by atoms with Gasteiger partial charge in [0.1, 0.15) is 0 Å². The average Bonchev–Trinajstić information content (AvgIpc) is 3.11. The van der Waals surface area contributed by atoms with Gasteiger partial charge < -0.3 is 10.2 Å². The fourth-order valence-corrected chi connectivity index (χ4v) is 4.38. The van der Waals surface area contributed by atoms with E-state index in [1.165, 1.54) is 17.7 Å². The second-order valence-electron chi connectivity index (χ2n) is 7.31. The Bertz CT molecular complexity index is 1030. The van der Waals surface area contributed by atoms with Crippen LogP contribution < -0.4 is 14.9 Å². The number of sulfonamides is 1. The maximum absolute atomic E-state index is 12.5. The number of hydrogen-bond donors (Lipinski definition) is 2. The molecule has 1 heterocycles. The molecule has 0 radical (unpaired) electrons. The normalized spacial score (nSPS) is 16.7. The minimum Gasteiger partial charge on any atom is -0.371 e. The number of nitrogens with one attached hydrogen (secondary N) is 2. The third kappa shape index (κ3) is 5.78. The minimum atomic E-state index is -3.49. The summed E-state index contributed by atoms with van der Waals surface area (Å²) in [6, 6.07) is 10.4. The van der Waals surface area contributed by atoms with E-state index >= 15 is 0 Å². The van der Waals surface area contributed by atoms with Crippen LogP contribution in [0, 0.1) is 12.8 Å². The maximum atomic E-state index is 12.5. The van der Waals surface area contributed by atoms with Gasteiger partial charge in [0.05, 0.1) is 17.0 Å². The number of carbonyl (C=O) groups excluding carboxylic acids is 1. The Labute approximate surface area is 181 Å². The second-order valence-corrected chi connectivity index (χ2v) is 9.90. The Kier molecular flexibility index (Phi) is 6.61. The molecule has 1 saturated heterocycles. The van der Waals surface area contributed by atoms with Gasteiger partial charge in [0.25, 0.3) is 5.91 Å². The molecule has 29 heavy (non-hydrogen) atoms. The number of aryl methyl sites for hydroxylation is 1. The van der Waals surface area contributed by atoms with E-state index in [2.05, 4.69) is 21.9 Å². The standard InChI is InChI=1S/C20H23Cl2N3O3S/c1-13-3-5-16(21)10-19(13)25-8-7-14(12-25)11-23-20(26)15-4-6-17(22)18(9-15)24-29(2,27)28/h3-6,9-10,14,24H,7-8,11-12H2,1-2H3,(H,23,26). The Morgan fingerprint density at radius 1 is 1.21 bits per heavy atom. The minimum absolute atomic E-state index is 0.185. The number of nitrogens with zero attached hydrogens (tertiary/aromatic N) is 1. The highest BCUT2D eigenvalue weighted by molar-refractivity contribution is 7.92. The molecule has 0 saturated carbocycles. The molecule has 1 fully saturated rings. The molecule has 0 aromatic heterocycles. The Hall–Kier alpha value is -1.96. The lowest BCUT2D eigenvalue weighted by Gasteiger charge is -2.21. The highest BCUT2D eigenvalue weighted by atomic mass is 35.5. The van der Waals surface area contributed by atoms with Gasteiger partial charge >= 0.3 is 0 Å². The number of benzene rings is 2. The predicted molar refractivity (Wildman–Crippen MR) is 119 cm³/mol. The van der Waals surface area contributed by atoms with E-state index in [9.17, 15) is 13.2 Å². The molecule has 6 nitrogen and oxygen atoms in total. The van der Waals surface area contributed by atoms with Crippen molar-refractivity contribution >= 4 is 50.5 Å². The SMILES string of the molecule is Cc1ccc(Cl)cc1N1CCC(CNC(=O)c2ccc(Cl)c(NS(C)(=O)=O)c2)C1. The molecule has 2 N–H and O–H groups in total. The largest absolute Gasteiger partial charge is 0.371 e. The number of halogens is 2. The molecule has 9 heteroatoms. The predicted octanol–water partition coefficient (Wildman–Crippen LogP) is 3.93. The Morgan fingerprint density at radius 2 is 1.97 bits per heavy atom. The first kappa shape index (κ1) is 21.7. The van der Waals surface area contributed by atoms with Crippen molar-refractivity contribution < 1.29 is 13.2 Å². The summed E-state index contributed by atoms with van der Waals surface area (Å²) in [5.41, 5.74) is 2.83. The van der Waals surface area contributed by atoms with E-state index in [0.717, 1.165) is 31.5 Å². The van der Waals surface area contributed by atoms with E-state index in [1.807, 2.05) is 18.2 Å². The van der Waals surface area contributed by atoms with Crippen molar-refractivity contribution in [1.29, 1.82) is 0 Å². The van der Waals surface area contributed by atoms with E-state index in [4.69, 9.17) is 23.2 Å². The van der Waals surface area contributed by atoms with Crippen LogP contribution in [0.3, 0.4) is 0 Å². The van der Waals surface area contributed by atoms with Crippen molar-refractivity contribution in [2.75, 3.05) is 35.5 Å². The van der Waals surface area contributed by atoms with Crippen LogP contribution in [0.25, 0.3) is 0 Å². The van der Waals surface area contributed by atoms with Crippen molar-refractivity contribution in [2.24, 2.45) is 5.92 Å². The first-order valence-corrected chi connectivity index (χ1v) is 11.8. The average molecular weight is 456 g/mol. The van der Waals surface area contributed by atoms with Crippen molar-refractivity contribution in [3.8, 4) is 0 Å². The van der Waals surface area contributed by atoms with Crippen molar-refractivity contribution in [2.45, 2.75) is 13.3 Å². The van der Waals surface area contributed by atoms with Gasteiger partial charge in [-0.15, -0.1) is 0 Å². The quantitative estimate of drug-likeness (QED) is 0.691. The van der Waals surface area contributed by atoms with Crippen molar-refractivity contribution in [3.05, 3.63) is 57.6 Å². The number of anilines is 2. The molecule has 0 aliphatic carbocycles. The molecule has 0 spiro atoms. The number of rotatable bonds is 6. The molecule has 1 aliphatic rings. The first-order chi connectivity index (χ1) is 13.6. The van der Waals surface area contributed by atoms with Crippen LogP contribution in [0.4, 0.5) is 11.4 Å². The fraction of sp³-hybridized carbons (Fsp3) is 0.350. The van der Waals surface area contributed by atoms with Gasteiger partial charge in [-0.25, -0.2) is 8.42 Å². The van der Waals surface area contributed by atoms with Crippen LogP contribution in [0.1, 0.15) is 22.3 Å². The molecule has 1 unspecified atom stereocenters. The molecule has 2 aromatic rings. The van der Waals surface area contributed by atoms with Crippen LogP contribution >= 0.6 is 23.2 Å². The zero-order chi connectivity index (χ0) is 21.2. The van der Waals surface area contributed by atoms with E-state index < -0.39 is 10.0 Å². The second kappa shape index (κ2) is 8.81. The van der Waals surface area contributed by atoms with Gasteiger partial charge in [-0.05, 0) is 55.2 Å². The summed E-state index contributed by atoms with van der Waals surface area (Å²) in [6.07, 6.45) is 2.00. The lowest BCUT2D eigenvalue weighted by Crippen LogP contribution is -2.31. The topological polar surface area (TPSA) is 78.5 Å². The summed E-state index contributed by atoms with van der Waals surface area (Å²) in [5.74, 6) is 0.0499. The molecule has 3 rings (SSSR count). The smallest absolute Gasteiger partial charge is 0.251 e.